The molecule has 1 heterocycles. The molecule has 0 aromatic carbocycles. The first-order valence-corrected chi connectivity index (χ1v) is 6.76. The summed E-state index contributed by atoms with van der Waals surface area (Å²) in [5, 5.41) is 2.13. The van der Waals surface area contributed by atoms with E-state index in [-0.39, 0.29) is 5.41 Å². The first kappa shape index (κ1) is 13.6. The van der Waals surface area contributed by atoms with Crippen molar-refractivity contribution in [1.82, 2.24) is 9.88 Å². The number of hydrogen-bond acceptors (Lipinski definition) is 4. The second-order valence-electron chi connectivity index (χ2n) is 5.02. The summed E-state index contributed by atoms with van der Waals surface area (Å²) < 4.78 is 0. The van der Waals surface area contributed by atoms with Crippen LogP contribution in [0.3, 0.4) is 0 Å². The van der Waals surface area contributed by atoms with Gasteiger partial charge >= 0.3 is 0 Å². The SMILES string of the molecule is CCN(CC(C)(C)CN)C(C)c1cscn1. The van der Waals surface area contributed by atoms with Gasteiger partial charge in [-0.3, -0.25) is 4.90 Å². The van der Waals surface area contributed by atoms with Crippen LogP contribution in [0.25, 0.3) is 0 Å². The maximum absolute atomic E-state index is 5.79. The Morgan fingerprint density at radius 3 is 2.69 bits per heavy atom. The first-order valence-electron chi connectivity index (χ1n) is 5.82. The molecule has 0 radical (unpaired) electrons. The van der Waals surface area contributed by atoms with Crippen molar-refractivity contribution in [3.63, 3.8) is 0 Å². The highest BCUT2D eigenvalue weighted by Gasteiger charge is 2.23. The summed E-state index contributed by atoms with van der Waals surface area (Å²) in [5.74, 6) is 0. The van der Waals surface area contributed by atoms with Crippen molar-refractivity contribution in [2.45, 2.75) is 33.7 Å². The Hall–Kier alpha value is -0.450. The minimum atomic E-state index is 0.167. The average Bonchev–Trinajstić information content (AvgIpc) is 2.78. The Morgan fingerprint density at radius 2 is 2.25 bits per heavy atom. The minimum Gasteiger partial charge on any atom is -0.330 e. The second kappa shape index (κ2) is 5.75. The topological polar surface area (TPSA) is 42.1 Å². The molecule has 0 aliphatic heterocycles. The lowest BCUT2D eigenvalue weighted by Gasteiger charge is -2.34. The number of hydrogen-bond donors (Lipinski definition) is 1. The van der Waals surface area contributed by atoms with Crippen molar-refractivity contribution in [1.29, 1.82) is 0 Å². The maximum atomic E-state index is 5.79. The lowest BCUT2D eigenvalue weighted by atomic mass is 9.92. The summed E-state index contributed by atoms with van der Waals surface area (Å²) in [4.78, 5) is 6.82. The van der Waals surface area contributed by atoms with Gasteiger partial charge in [0, 0.05) is 11.9 Å². The fourth-order valence-electron chi connectivity index (χ4n) is 1.75. The predicted molar refractivity (Wildman–Crippen MR) is 70.6 cm³/mol. The molecule has 92 valence electrons. The van der Waals surface area contributed by atoms with E-state index in [0.717, 1.165) is 13.1 Å². The number of nitrogens with zero attached hydrogens (tertiary/aromatic N) is 2. The summed E-state index contributed by atoms with van der Waals surface area (Å²) in [5.41, 5.74) is 9.02. The normalized spacial score (nSPS) is 14.4. The van der Waals surface area contributed by atoms with Crippen LogP contribution in [-0.4, -0.2) is 29.5 Å². The summed E-state index contributed by atoms with van der Waals surface area (Å²) in [6, 6.07) is 0.377. The van der Waals surface area contributed by atoms with E-state index in [1.165, 1.54) is 5.69 Å². The number of thiazole rings is 1. The van der Waals surface area contributed by atoms with Gasteiger partial charge in [-0.05, 0) is 25.4 Å². The van der Waals surface area contributed by atoms with E-state index in [1.54, 1.807) is 11.3 Å². The van der Waals surface area contributed by atoms with Gasteiger partial charge in [0.2, 0.25) is 0 Å². The van der Waals surface area contributed by atoms with Crippen LogP contribution in [-0.2, 0) is 0 Å². The maximum Gasteiger partial charge on any atom is 0.0795 e. The molecule has 4 heteroatoms. The summed E-state index contributed by atoms with van der Waals surface area (Å²) in [7, 11) is 0. The van der Waals surface area contributed by atoms with Crippen LogP contribution in [0.2, 0.25) is 0 Å². The zero-order valence-electron chi connectivity index (χ0n) is 10.7. The zero-order valence-corrected chi connectivity index (χ0v) is 11.5. The number of rotatable bonds is 6. The van der Waals surface area contributed by atoms with Gasteiger partial charge in [0.15, 0.2) is 0 Å². The molecular weight excluding hydrogens is 218 g/mol. The fraction of sp³-hybridized carbons (Fsp3) is 0.750. The highest BCUT2D eigenvalue weighted by Crippen LogP contribution is 2.24. The molecule has 0 amide bonds. The molecule has 1 unspecified atom stereocenters. The van der Waals surface area contributed by atoms with Gasteiger partial charge in [-0.15, -0.1) is 11.3 Å². The first-order chi connectivity index (χ1) is 7.50. The van der Waals surface area contributed by atoms with Crippen LogP contribution in [0.15, 0.2) is 10.9 Å². The van der Waals surface area contributed by atoms with Crippen molar-refractivity contribution in [2.24, 2.45) is 11.1 Å². The Balaban J connectivity index is 2.68. The lowest BCUT2D eigenvalue weighted by Crippen LogP contribution is -2.40. The van der Waals surface area contributed by atoms with Gasteiger partial charge in [-0.1, -0.05) is 20.8 Å². The molecular formula is C12H23N3S. The molecule has 1 rings (SSSR count). The second-order valence-corrected chi connectivity index (χ2v) is 5.74. The molecule has 1 atom stereocenters. The zero-order chi connectivity index (χ0) is 12.2. The molecule has 0 spiro atoms. The third-order valence-corrected chi connectivity index (χ3v) is 3.62. The number of nitrogens with two attached hydrogens (primary N) is 1. The summed E-state index contributed by atoms with van der Waals surface area (Å²) in [6.45, 7) is 11.6. The van der Waals surface area contributed by atoms with Gasteiger partial charge in [-0.2, -0.15) is 0 Å². The summed E-state index contributed by atoms with van der Waals surface area (Å²) >= 11 is 1.66. The van der Waals surface area contributed by atoms with Crippen LogP contribution in [0, 0.1) is 5.41 Å². The van der Waals surface area contributed by atoms with Crippen molar-refractivity contribution in [3.8, 4) is 0 Å². The third-order valence-electron chi connectivity index (χ3n) is 3.02. The standard InChI is InChI=1S/C12H23N3S/c1-5-15(8-12(3,4)7-13)10(2)11-6-16-9-14-11/h6,9-10H,5,7-8,13H2,1-4H3. The monoisotopic (exact) mass is 241 g/mol. The Kier molecular flexibility index (Phi) is 4.89. The molecule has 3 nitrogen and oxygen atoms in total. The van der Waals surface area contributed by atoms with Crippen molar-refractivity contribution in [3.05, 3.63) is 16.6 Å². The third kappa shape index (κ3) is 3.54. The molecule has 0 aliphatic carbocycles. The Morgan fingerprint density at radius 1 is 1.56 bits per heavy atom. The fourth-order valence-corrected chi connectivity index (χ4v) is 2.39. The van der Waals surface area contributed by atoms with Gasteiger partial charge < -0.3 is 5.73 Å². The van der Waals surface area contributed by atoms with E-state index >= 15 is 0 Å². The Bertz CT molecular complexity index is 295. The van der Waals surface area contributed by atoms with Crippen molar-refractivity contribution in [2.75, 3.05) is 19.6 Å². The largest absolute Gasteiger partial charge is 0.330 e. The smallest absolute Gasteiger partial charge is 0.0795 e. The quantitative estimate of drug-likeness (QED) is 0.832. The van der Waals surface area contributed by atoms with Gasteiger partial charge in [0.1, 0.15) is 0 Å². The molecule has 0 aliphatic rings. The number of aromatic nitrogens is 1. The molecule has 1 aromatic rings. The molecule has 16 heavy (non-hydrogen) atoms. The van der Waals surface area contributed by atoms with Gasteiger partial charge in [-0.25, -0.2) is 4.98 Å². The highest BCUT2D eigenvalue weighted by molar-refractivity contribution is 7.07. The van der Waals surface area contributed by atoms with Crippen molar-refractivity contribution < 1.29 is 0 Å². The molecule has 0 fully saturated rings. The van der Waals surface area contributed by atoms with E-state index in [0.29, 0.717) is 12.6 Å². The van der Waals surface area contributed by atoms with E-state index < -0.39 is 0 Å². The van der Waals surface area contributed by atoms with Gasteiger partial charge in [0.25, 0.3) is 0 Å². The van der Waals surface area contributed by atoms with Crippen LogP contribution < -0.4 is 5.73 Å². The molecule has 0 saturated heterocycles. The average molecular weight is 241 g/mol. The highest BCUT2D eigenvalue weighted by atomic mass is 32.1. The van der Waals surface area contributed by atoms with E-state index in [4.69, 9.17) is 5.73 Å². The molecule has 1 aromatic heterocycles. The van der Waals surface area contributed by atoms with E-state index in [2.05, 4.69) is 43.0 Å². The van der Waals surface area contributed by atoms with Crippen LogP contribution in [0.1, 0.15) is 39.4 Å². The molecule has 0 saturated carbocycles. The molecule has 0 bridgehead atoms. The van der Waals surface area contributed by atoms with Crippen LogP contribution in [0.5, 0.6) is 0 Å². The van der Waals surface area contributed by atoms with Crippen LogP contribution in [0.4, 0.5) is 0 Å². The minimum absolute atomic E-state index is 0.167. The summed E-state index contributed by atoms with van der Waals surface area (Å²) in [6.07, 6.45) is 0. The van der Waals surface area contributed by atoms with Gasteiger partial charge in [0.05, 0.1) is 17.2 Å². The molecule has 2 N–H and O–H groups in total. The Labute approximate surface area is 103 Å². The van der Waals surface area contributed by atoms with Crippen LogP contribution >= 0.6 is 11.3 Å². The predicted octanol–water partition coefficient (Wildman–Crippen LogP) is 2.51. The van der Waals surface area contributed by atoms with E-state index in [1.807, 2.05) is 5.51 Å². The van der Waals surface area contributed by atoms with E-state index in [9.17, 15) is 0 Å². The van der Waals surface area contributed by atoms with Crippen molar-refractivity contribution >= 4 is 11.3 Å². The lowest BCUT2D eigenvalue weighted by molar-refractivity contribution is 0.146.